The van der Waals surface area contributed by atoms with Gasteiger partial charge in [-0.25, -0.2) is 0 Å². The summed E-state index contributed by atoms with van der Waals surface area (Å²) >= 11 is 0. The van der Waals surface area contributed by atoms with Gasteiger partial charge in [0.1, 0.15) is 11.5 Å². The fourth-order valence-electron chi connectivity index (χ4n) is 2.16. The highest BCUT2D eigenvalue weighted by Gasteiger charge is 2.03. The first kappa shape index (κ1) is 14.6. The number of hydrogen-bond acceptors (Lipinski definition) is 2. The molecule has 2 aromatic carbocycles. The van der Waals surface area contributed by atoms with E-state index in [9.17, 15) is 0 Å². The topological polar surface area (TPSA) is 35.2 Å². The van der Waals surface area contributed by atoms with Crippen LogP contribution in [0.4, 0.5) is 0 Å². The van der Waals surface area contributed by atoms with Gasteiger partial charge in [-0.3, -0.25) is 0 Å². The van der Waals surface area contributed by atoms with Crippen LogP contribution in [0.1, 0.15) is 37.8 Å². The van der Waals surface area contributed by atoms with Crippen molar-refractivity contribution in [1.29, 1.82) is 0 Å². The van der Waals surface area contributed by atoms with Gasteiger partial charge in [-0.2, -0.15) is 0 Å². The second kappa shape index (κ2) is 6.58. The second-order valence-corrected chi connectivity index (χ2v) is 5.65. The normalized spacial score (nSPS) is 12.4. The van der Waals surface area contributed by atoms with Gasteiger partial charge < -0.3 is 10.5 Å². The Labute approximate surface area is 121 Å². The molecule has 0 amide bonds. The van der Waals surface area contributed by atoms with Crippen molar-refractivity contribution < 1.29 is 4.74 Å². The van der Waals surface area contributed by atoms with E-state index in [0.717, 1.165) is 17.9 Å². The summed E-state index contributed by atoms with van der Waals surface area (Å²) in [4.78, 5) is 0. The van der Waals surface area contributed by atoms with Gasteiger partial charge in [0.25, 0.3) is 0 Å². The predicted molar refractivity (Wildman–Crippen MR) is 84.4 cm³/mol. The van der Waals surface area contributed by atoms with E-state index in [4.69, 9.17) is 10.5 Å². The highest BCUT2D eigenvalue weighted by molar-refractivity contribution is 5.36. The van der Waals surface area contributed by atoms with Crippen LogP contribution in [0.5, 0.6) is 11.5 Å². The van der Waals surface area contributed by atoms with Crippen molar-refractivity contribution in [2.24, 2.45) is 5.73 Å². The summed E-state index contributed by atoms with van der Waals surface area (Å²) in [6.07, 6.45) is 0.865. The maximum absolute atomic E-state index is 5.89. The minimum atomic E-state index is 0.163. The summed E-state index contributed by atoms with van der Waals surface area (Å²) in [7, 11) is 0. The third-order valence-corrected chi connectivity index (χ3v) is 3.24. The zero-order chi connectivity index (χ0) is 14.5. The molecule has 0 radical (unpaired) electrons. The summed E-state index contributed by atoms with van der Waals surface area (Å²) in [5.74, 6) is 2.27. The molecule has 1 atom stereocenters. The predicted octanol–water partition coefficient (Wildman–Crippen LogP) is 4.49. The molecule has 0 saturated carbocycles. The lowest BCUT2D eigenvalue weighted by Crippen LogP contribution is -2.17. The maximum Gasteiger partial charge on any atom is 0.127 e. The zero-order valence-electron chi connectivity index (χ0n) is 12.5. The Balaban J connectivity index is 2.09. The van der Waals surface area contributed by atoms with Crippen LogP contribution in [-0.4, -0.2) is 6.04 Å². The van der Waals surface area contributed by atoms with E-state index in [-0.39, 0.29) is 6.04 Å². The number of benzene rings is 2. The van der Waals surface area contributed by atoms with E-state index in [1.807, 2.05) is 31.2 Å². The van der Waals surface area contributed by atoms with Gasteiger partial charge >= 0.3 is 0 Å². The third kappa shape index (κ3) is 4.10. The van der Waals surface area contributed by atoms with Crippen LogP contribution in [0, 0.1) is 0 Å². The van der Waals surface area contributed by atoms with Crippen LogP contribution in [-0.2, 0) is 6.42 Å². The van der Waals surface area contributed by atoms with E-state index in [1.165, 1.54) is 11.1 Å². The van der Waals surface area contributed by atoms with Crippen LogP contribution in [0.3, 0.4) is 0 Å². The molecule has 1 unspecified atom stereocenters. The third-order valence-electron chi connectivity index (χ3n) is 3.24. The van der Waals surface area contributed by atoms with Crippen molar-refractivity contribution in [1.82, 2.24) is 0 Å². The molecule has 0 heterocycles. The van der Waals surface area contributed by atoms with Gasteiger partial charge in [-0.15, -0.1) is 0 Å². The zero-order valence-corrected chi connectivity index (χ0v) is 12.5. The second-order valence-electron chi connectivity index (χ2n) is 5.65. The maximum atomic E-state index is 5.89. The number of hydrogen-bond donors (Lipinski definition) is 1. The van der Waals surface area contributed by atoms with Crippen molar-refractivity contribution in [3.8, 4) is 11.5 Å². The van der Waals surface area contributed by atoms with E-state index < -0.39 is 0 Å². The first-order valence-electron chi connectivity index (χ1n) is 7.17. The van der Waals surface area contributed by atoms with E-state index in [2.05, 4.69) is 38.1 Å². The molecular weight excluding hydrogens is 246 g/mol. The molecule has 2 N–H and O–H groups in total. The van der Waals surface area contributed by atoms with Crippen molar-refractivity contribution in [3.63, 3.8) is 0 Å². The molecular formula is C18H23NO. The van der Waals surface area contributed by atoms with Crippen LogP contribution in [0.25, 0.3) is 0 Å². The molecule has 2 heteroatoms. The Morgan fingerprint density at radius 3 is 2.25 bits per heavy atom. The fraction of sp³-hybridized carbons (Fsp3) is 0.333. The highest BCUT2D eigenvalue weighted by atomic mass is 16.5. The molecule has 20 heavy (non-hydrogen) atoms. The molecule has 2 rings (SSSR count). The minimum Gasteiger partial charge on any atom is -0.457 e. The lowest BCUT2D eigenvalue weighted by Gasteiger charge is -2.10. The Kier molecular flexibility index (Phi) is 4.80. The Morgan fingerprint density at radius 2 is 1.65 bits per heavy atom. The van der Waals surface area contributed by atoms with E-state index in [1.54, 1.807) is 0 Å². The van der Waals surface area contributed by atoms with Gasteiger partial charge in [0.15, 0.2) is 0 Å². The van der Waals surface area contributed by atoms with Gasteiger partial charge in [-0.1, -0.05) is 38.1 Å². The summed E-state index contributed by atoms with van der Waals surface area (Å²) in [5, 5.41) is 0. The largest absolute Gasteiger partial charge is 0.457 e. The molecule has 0 aliphatic carbocycles. The number of rotatable bonds is 5. The Bertz CT molecular complexity index is 544. The Hall–Kier alpha value is -1.80. The lowest BCUT2D eigenvalue weighted by molar-refractivity contribution is 0.481. The molecule has 0 saturated heterocycles. The highest BCUT2D eigenvalue weighted by Crippen LogP contribution is 2.24. The van der Waals surface area contributed by atoms with Crippen molar-refractivity contribution in [2.75, 3.05) is 0 Å². The smallest absolute Gasteiger partial charge is 0.127 e. The SMILES string of the molecule is CC(N)Cc1cccc(Oc2ccc(C(C)C)cc2)c1. The summed E-state index contributed by atoms with van der Waals surface area (Å²) in [5.41, 5.74) is 8.36. The number of nitrogens with two attached hydrogens (primary N) is 1. The van der Waals surface area contributed by atoms with E-state index in [0.29, 0.717) is 5.92 Å². The molecule has 0 aliphatic rings. The fourth-order valence-corrected chi connectivity index (χ4v) is 2.16. The molecule has 0 aliphatic heterocycles. The average Bonchev–Trinajstić information content (AvgIpc) is 2.39. The van der Waals surface area contributed by atoms with Crippen LogP contribution >= 0.6 is 0 Å². The molecule has 0 bridgehead atoms. The average molecular weight is 269 g/mol. The number of ether oxygens (including phenoxy) is 1. The lowest BCUT2D eigenvalue weighted by atomic mass is 10.0. The van der Waals surface area contributed by atoms with E-state index >= 15 is 0 Å². The first-order valence-corrected chi connectivity index (χ1v) is 7.17. The van der Waals surface area contributed by atoms with Crippen molar-refractivity contribution >= 4 is 0 Å². The summed E-state index contributed by atoms with van der Waals surface area (Å²) < 4.78 is 5.89. The minimum absolute atomic E-state index is 0.163. The van der Waals surface area contributed by atoms with Gasteiger partial charge in [0.05, 0.1) is 0 Å². The van der Waals surface area contributed by atoms with Crippen LogP contribution in [0.2, 0.25) is 0 Å². The molecule has 106 valence electrons. The monoisotopic (exact) mass is 269 g/mol. The van der Waals surface area contributed by atoms with Crippen LogP contribution < -0.4 is 10.5 Å². The Morgan fingerprint density at radius 1 is 0.950 bits per heavy atom. The van der Waals surface area contributed by atoms with Crippen LogP contribution in [0.15, 0.2) is 48.5 Å². The quantitative estimate of drug-likeness (QED) is 0.867. The molecule has 0 spiro atoms. The summed E-state index contributed by atoms with van der Waals surface area (Å²) in [6.45, 7) is 6.39. The molecule has 2 nitrogen and oxygen atoms in total. The van der Waals surface area contributed by atoms with Crippen molar-refractivity contribution in [2.45, 2.75) is 39.2 Å². The summed E-state index contributed by atoms with van der Waals surface area (Å²) in [6, 6.07) is 16.6. The molecule has 2 aromatic rings. The van der Waals surface area contributed by atoms with Gasteiger partial charge in [0, 0.05) is 6.04 Å². The van der Waals surface area contributed by atoms with Gasteiger partial charge in [0.2, 0.25) is 0 Å². The molecule has 0 fully saturated rings. The first-order chi connectivity index (χ1) is 9.54. The van der Waals surface area contributed by atoms with Gasteiger partial charge in [-0.05, 0) is 54.7 Å². The standard InChI is InChI=1S/C18H23NO/c1-13(2)16-7-9-17(10-8-16)20-18-6-4-5-15(12-18)11-14(3)19/h4-10,12-14H,11,19H2,1-3H3. The molecule has 0 aromatic heterocycles. The van der Waals surface area contributed by atoms with Crippen molar-refractivity contribution in [3.05, 3.63) is 59.7 Å².